The Morgan fingerprint density at radius 2 is 1.69 bits per heavy atom. The topological polar surface area (TPSA) is 68.2 Å². The fraction of sp³-hybridized carbons (Fsp3) is 0.704. The minimum Gasteiger partial charge on any atom is -0.444 e. The van der Waals surface area contributed by atoms with Crippen molar-refractivity contribution in [2.45, 2.75) is 108 Å². The number of hydrogen-bond acceptors (Lipinski definition) is 4. The minimum atomic E-state index is -3.29. The van der Waals surface area contributed by atoms with Crippen molar-refractivity contribution in [3.63, 3.8) is 0 Å². The maximum atomic E-state index is 15.1. The first-order valence-electron chi connectivity index (χ1n) is 12.7. The SMILES string of the molecule is CC(C)(C)OC(=O)N1CCC(F)(F)C(=N[S@](=O)C(C)(C)C)C1COC1CCC(c2ccccc2)CC1. The lowest BCUT2D eigenvalue weighted by molar-refractivity contribution is -0.0373. The molecular weight excluding hydrogens is 486 g/mol. The van der Waals surface area contributed by atoms with E-state index in [0.29, 0.717) is 5.92 Å². The maximum absolute atomic E-state index is 15.1. The Morgan fingerprint density at radius 3 is 2.25 bits per heavy atom. The Balaban J connectivity index is 1.78. The number of alkyl halides is 2. The first kappa shape index (κ1) is 28.7. The predicted octanol–water partition coefficient (Wildman–Crippen LogP) is 6.28. The number of amides is 1. The molecule has 1 aromatic carbocycles. The fourth-order valence-corrected chi connectivity index (χ4v) is 5.22. The van der Waals surface area contributed by atoms with Crippen molar-refractivity contribution in [2.24, 2.45) is 4.40 Å². The molecule has 202 valence electrons. The molecule has 9 heteroatoms. The second-order valence-electron chi connectivity index (χ2n) is 11.7. The van der Waals surface area contributed by atoms with Crippen LogP contribution < -0.4 is 0 Å². The van der Waals surface area contributed by atoms with E-state index in [0.717, 1.165) is 25.7 Å². The van der Waals surface area contributed by atoms with Crippen molar-refractivity contribution in [3.8, 4) is 0 Å². The summed E-state index contributed by atoms with van der Waals surface area (Å²) in [6.45, 7) is 9.87. The highest BCUT2D eigenvalue weighted by Gasteiger charge is 2.50. The molecule has 1 heterocycles. The molecule has 1 amide bonds. The molecule has 1 aliphatic heterocycles. The van der Waals surface area contributed by atoms with Gasteiger partial charge in [-0.1, -0.05) is 30.3 Å². The molecular formula is C27H40F2N2O4S. The summed E-state index contributed by atoms with van der Waals surface area (Å²) in [5.74, 6) is -2.84. The standard InChI is InChI=1S/C27H40F2N2O4S/c1-25(2,3)35-24(32)31-17-16-27(28,29)23(30-36(33)26(4,5)6)22(31)18-34-21-14-12-20(13-15-21)19-10-8-7-9-11-19/h7-11,20-22H,12-18H2,1-6H3/t20?,21?,22?,36-/m1/s1. The number of likely N-dealkylation sites (tertiary alicyclic amines) is 1. The van der Waals surface area contributed by atoms with Crippen molar-refractivity contribution < 1.29 is 27.3 Å². The predicted molar refractivity (Wildman–Crippen MR) is 139 cm³/mol. The largest absolute Gasteiger partial charge is 0.444 e. The first-order chi connectivity index (χ1) is 16.7. The third-order valence-electron chi connectivity index (χ3n) is 6.50. The van der Waals surface area contributed by atoms with Crippen LogP contribution >= 0.6 is 0 Å². The monoisotopic (exact) mass is 526 g/mol. The summed E-state index contributed by atoms with van der Waals surface area (Å²) in [5, 5.41) is 0. The molecule has 2 atom stereocenters. The van der Waals surface area contributed by atoms with Crippen molar-refractivity contribution in [3.05, 3.63) is 35.9 Å². The molecule has 1 saturated heterocycles. The molecule has 0 radical (unpaired) electrons. The Morgan fingerprint density at radius 1 is 1.08 bits per heavy atom. The fourth-order valence-electron chi connectivity index (χ4n) is 4.51. The molecule has 1 unspecified atom stereocenters. The summed E-state index contributed by atoms with van der Waals surface area (Å²) in [7, 11) is -1.91. The van der Waals surface area contributed by atoms with E-state index in [1.807, 2.05) is 18.2 Å². The summed E-state index contributed by atoms with van der Waals surface area (Å²) in [6, 6.07) is 9.19. The van der Waals surface area contributed by atoms with Gasteiger partial charge < -0.3 is 9.47 Å². The van der Waals surface area contributed by atoms with Crippen LogP contribution in [0.25, 0.3) is 0 Å². The number of hydrogen-bond donors (Lipinski definition) is 0. The Labute approximate surface area is 216 Å². The molecule has 6 nitrogen and oxygen atoms in total. The first-order valence-corrected chi connectivity index (χ1v) is 13.8. The molecule has 2 aliphatic rings. The second kappa shape index (κ2) is 11.3. The van der Waals surface area contributed by atoms with Crippen LogP contribution in [0.5, 0.6) is 0 Å². The normalized spacial score (nSPS) is 27.1. The van der Waals surface area contributed by atoms with E-state index in [4.69, 9.17) is 9.47 Å². The summed E-state index contributed by atoms with van der Waals surface area (Å²) in [4.78, 5) is 14.2. The highest BCUT2D eigenvalue weighted by atomic mass is 32.2. The van der Waals surface area contributed by atoms with Gasteiger partial charge in [0.05, 0.1) is 17.5 Å². The highest BCUT2D eigenvalue weighted by molar-refractivity contribution is 7.85. The van der Waals surface area contributed by atoms with Crippen molar-refractivity contribution in [1.82, 2.24) is 4.90 Å². The van der Waals surface area contributed by atoms with E-state index < -0.39 is 51.5 Å². The van der Waals surface area contributed by atoms with Gasteiger partial charge in [0.15, 0.2) is 0 Å². The van der Waals surface area contributed by atoms with Gasteiger partial charge in [-0.15, -0.1) is 0 Å². The molecule has 36 heavy (non-hydrogen) atoms. The number of nitrogens with zero attached hydrogens (tertiary/aromatic N) is 2. The average Bonchev–Trinajstić information content (AvgIpc) is 2.78. The van der Waals surface area contributed by atoms with Crippen molar-refractivity contribution in [1.29, 1.82) is 0 Å². The number of ether oxygens (including phenoxy) is 2. The molecule has 2 fully saturated rings. The smallest absolute Gasteiger partial charge is 0.410 e. The van der Waals surface area contributed by atoms with Gasteiger partial charge in [0.1, 0.15) is 28.3 Å². The summed E-state index contributed by atoms with van der Waals surface area (Å²) < 4.78 is 57.9. The molecule has 1 aliphatic carbocycles. The van der Waals surface area contributed by atoms with Gasteiger partial charge in [-0.25, -0.2) is 9.00 Å². The van der Waals surface area contributed by atoms with Crippen LogP contribution in [0.4, 0.5) is 13.6 Å². The van der Waals surface area contributed by atoms with Crippen LogP contribution in [0.2, 0.25) is 0 Å². The number of benzene rings is 1. The van der Waals surface area contributed by atoms with E-state index in [-0.39, 0.29) is 19.3 Å². The van der Waals surface area contributed by atoms with Crippen LogP contribution in [-0.4, -0.2) is 62.5 Å². The lowest BCUT2D eigenvalue weighted by atomic mass is 9.83. The van der Waals surface area contributed by atoms with Crippen LogP contribution in [0.15, 0.2) is 34.7 Å². The Bertz CT molecular complexity index is 949. The highest BCUT2D eigenvalue weighted by Crippen LogP contribution is 2.36. The van der Waals surface area contributed by atoms with Crippen molar-refractivity contribution in [2.75, 3.05) is 13.2 Å². The lowest BCUT2D eigenvalue weighted by Crippen LogP contribution is -2.60. The molecule has 1 saturated carbocycles. The van der Waals surface area contributed by atoms with E-state index in [2.05, 4.69) is 16.5 Å². The Kier molecular flexibility index (Phi) is 8.97. The second-order valence-corrected chi connectivity index (χ2v) is 13.6. The van der Waals surface area contributed by atoms with Gasteiger partial charge in [0, 0.05) is 13.0 Å². The van der Waals surface area contributed by atoms with E-state index >= 15 is 8.78 Å². The number of carbonyl (C=O) groups is 1. The van der Waals surface area contributed by atoms with Gasteiger partial charge in [-0.05, 0) is 78.7 Å². The minimum absolute atomic E-state index is 0.102. The molecule has 1 aromatic rings. The van der Waals surface area contributed by atoms with Gasteiger partial charge >= 0.3 is 6.09 Å². The van der Waals surface area contributed by atoms with Gasteiger partial charge in [-0.2, -0.15) is 13.2 Å². The summed E-state index contributed by atoms with van der Waals surface area (Å²) in [6.07, 6.45) is 2.08. The molecule has 3 rings (SSSR count). The van der Waals surface area contributed by atoms with E-state index in [1.54, 1.807) is 41.5 Å². The van der Waals surface area contributed by atoms with Gasteiger partial charge in [0.2, 0.25) is 0 Å². The lowest BCUT2D eigenvalue weighted by Gasteiger charge is -2.41. The van der Waals surface area contributed by atoms with Crippen LogP contribution in [-0.2, 0) is 20.5 Å². The Hall–Kier alpha value is -1.87. The molecule has 0 aromatic heterocycles. The number of piperidine rings is 1. The third kappa shape index (κ3) is 7.57. The van der Waals surface area contributed by atoms with Crippen molar-refractivity contribution >= 4 is 22.8 Å². The van der Waals surface area contributed by atoms with Crippen LogP contribution in [0, 0.1) is 0 Å². The quantitative estimate of drug-likeness (QED) is 0.453. The number of rotatable bonds is 5. The van der Waals surface area contributed by atoms with Gasteiger partial charge in [0.25, 0.3) is 5.92 Å². The maximum Gasteiger partial charge on any atom is 0.410 e. The zero-order valence-electron chi connectivity index (χ0n) is 22.3. The molecule has 0 spiro atoms. The van der Waals surface area contributed by atoms with E-state index in [9.17, 15) is 9.00 Å². The zero-order chi connectivity index (χ0) is 26.7. The third-order valence-corrected chi connectivity index (χ3v) is 7.91. The summed E-state index contributed by atoms with van der Waals surface area (Å²) in [5.41, 5.74) is -0.0482. The van der Waals surface area contributed by atoms with Crippen LogP contribution in [0.3, 0.4) is 0 Å². The number of carbonyl (C=O) groups excluding carboxylic acids is 1. The average molecular weight is 527 g/mol. The zero-order valence-corrected chi connectivity index (χ0v) is 23.1. The molecule has 0 bridgehead atoms. The van der Waals surface area contributed by atoms with Crippen LogP contribution in [0.1, 0.15) is 85.1 Å². The molecule has 0 N–H and O–H groups in total. The number of halogens is 2. The van der Waals surface area contributed by atoms with E-state index in [1.165, 1.54) is 10.5 Å². The summed E-state index contributed by atoms with van der Waals surface area (Å²) >= 11 is 0. The van der Waals surface area contributed by atoms with Gasteiger partial charge in [-0.3, -0.25) is 4.90 Å².